The second-order valence-electron chi connectivity index (χ2n) is 4.94. The van der Waals surface area contributed by atoms with E-state index in [0.717, 1.165) is 11.3 Å². The molecule has 1 heterocycles. The Labute approximate surface area is 138 Å². The summed E-state index contributed by atoms with van der Waals surface area (Å²) in [5, 5.41) is 6.00. The van der Waals surface area contributed by atoms with Gasteiger partial charge in [-0.15, -0.1) is 4.91 Å². The van der Waals surface area contributed by atoms with Gasteiger partial charge in [0.25, 0.3) is 5.88 Å². The van der Waals surface area contributed by atoms with Crippen molar-refractivity contribution in [2.24, 2.45) is 5.18 Å². The van der Waals surface area contributed by atoms with E-state index < -0.39 is 0 Å². The zero-order chi connectivity index (χ0) is 16.8. The molecule has 1 aromatic heterocycles. The smallest absolute Gasteiger partial charge is 0.251 e. The molecule has 0 spiro atoms. The Hall–Kier alpha value is -3.48. The van der Waals surface area contributed by atoms with Crippen LogP contribution in [0, 0.1) is 4.91 Å². The fraction of sp³-hybridized carbons (Fsp3) is 0.0588. The van der Waals surface area contributed by atoms with Crippen molar-refractivity contribution < 1.29 is 4.74 Å². The number of nitrogens with one attached hydrogen (secondary N) is 1. The van der Waals surface area contributed by atoms with Gasteiger partial charge < -0.3 is 15.8 Å². The maximum atomic E-state index is 11.3. The topological polar surface area (TPSA) is 102 Å². The first-order valence-electron chi connectivity index (χ1n) is 7.26. The van der Waals surface area contributed by atoms with Crippen molar-refractivity contribution in [3.8, 4) is 5.88 Å². The Balaban J connectivity index is 1.87. The Morgan fingerprint density at radius 1 is 1.00 bits per heavy atom. The predicted molar refractivity (Wildman–Crippen MR) is 92.4 cm³/mol. The summed E-state index contributed by atoms with van der Waals surface area (Å²) in [4.78, 5) is 19.3. The van der Waals surface area contributed by atoms with Crippen LogP contribution in [0.4, 0.5) is 23.1 Å². The number of anilines is 3. The number of hydrogen-bond donors (Lipinski definition) is 2. The van der Waals surface area contributed by atoms with Gasteiger partial charge in [0.05, 0.1) is 0 Å². The molecule has 120 valence electrons. The molecule has 3 aromatic rings. The molecule has 0 aliphatic heterocycles. The number of rotatable bonds is 6. The first-order chi connectivity index (χ1) is 11.8. The Kier molecular flexibility index (Phi) is 4.62. The third-order valence-electron chi connectivity index (χ3n) is 3.22. The van der Waals surface area contributed by atoms with Crippen LogP contribution in [0.15, 0.2) is 65.8 Å². The minimum Gasteiger partial charge on any atom is -0.471 e. The van der Waals surface area contributed by atoms with Gasteiger partial charge in [0, 0.05) is 5.69 Å². The molecule has 0 saturated heterocycles. The lowest BCUT2D eigenvalue weighted by Gasteiger charge is -2.11. The zero-order valence-corrected chi connectivity index (χ0v) is 12.7. The molecule has 0 fully saturated rings. The highest BCUT2D eigenvalue weighted by Gasteiger charge is 2.16. The van der Waals surface area contributed by atoms with Crippen LogP contribution in [0.25, 0.3) is 0 Å². The summed E-state index contributed by atoms with van der Waals surface area (Å²) in [5.74, 6) is 0.232. The molecule has 2 aromatic carbocycles. The number of nitroso groups, excluding NO2 is 1. The lowest BCUT2D eigenvalue weighted by molar-refractivity contribution is 0.295. The molecular formula is C17H15N5O2. The number of nitrogens with zero attached hydrogens (tertiary/aromatic N) is 3. The monoisotopic (exact) mass is 321 g/mol. The van der Waals surface area contributed by atoms with Crippen molar-refractivity contribution in [3.63, 3.8) is 0 Å². The largest absolute Gasteiger partial charge is 0.471 e. The zero-order valence-electron chi connectivity index (χ0n) is 12.7. The standard InChI is InChI=1S/C17H15N5O2/c18-17-20-15(19-13-9-5-2-6-10-13)14(22-23)16(21-17)24-11-12-7-3-1-4-8-12/h1-10H,11H2,(H3,18,19,20,21). The van der Waals surface area contributed by atoms with Gasteiger partial charge in [-0.25, -0.2) is 0 Å². The molecule has 0 atom stereocenters. The fourth-order valence-corrected chi connectivity index (χ4v) is 2.10. The number of benzene rings is 2. The molecule has 7 heteroatoms. The molecule has 0 bridgehead atoms. The van der Waals surface area contributed by atoms with Crippen LogP contribution in [0.5, 0.6) is 5.88 Å². The van der Waals surface area contributed by atoms with Crippen molar-refractivity contribution in [1.29, 1.82) is 0 Å². The quantitative estimate of drug-likeness (QED) is 0.670. The van der Waals surface area contributed by atoms with Crippen LogP contribution in [-0.4, -0.2) is 9.97 Å². The van der Waals surface area contributed by atoms with Gasteiger partial charge in [0.15, 0.2) is 5.82 Å². The molecule has 0 amide bonds. The number of ether oxygens (including phenoxy) is 1. The van der Waals surface area contributed by atoms with E-state index in [0.29, 0.717) is 0 Å². The maximum absolute atomic E-state index is 11.3. The van der Waals surface area contributed by atoms with E-state index in [1.807, 2.05) is 60.7 Å². The second kappa shape index (κ2) is 7.19. The van der Waals surface area contributed by atoms with Crippen molar-refractivity contribution in [2.75, 3.05) is 11.1 Å². The van der Waals surface area contributed by atoms with Gasteiger partial charge in [-0.1, -0.05) is 48.5 Å². The van der Waals surface area contributed by atoms with E-state index in [1.54, 1.807) is 0 Å². The summed E-state index contributed by atoms with van der Waals surface area (Å²) in [6, 6.07) is 18.8. The average Bonchev–Trinajstić information content (AvgIpc) is 2.61. The van der Waals surface area contributed by atoms with E-state index in [9.17, 15) is 4.91 Å². The lowest BCUT2D eigenvalue weighted by Crippen LogP contribution is -2.05. The number of hydrogen-bond acceptors (Lipinski definition) is 7. The van der Waals surface area contributed by atoms with Crippen molar-refractivity contribution in [3.05, 3.63) is 71.1 Å². The van der Waals surface area contributed by atoms with E-state index in [2.05, 4.69) is 20.5 Å². The summed E-state index contributed by atoms with van der Waals surface area (Å²) >= 11 is 0. The minimum atomic E-state index is -0.0241. The molecule has 24 heavy (non-hydrogen) atoms. The van der Waals surface area contributed by atoms with Crippen molar-refractivity contribution in [2.45, 2.75) is 6.61 Å². The van der Waals surface area contributed by atoms with Gasteiger partial charge in [-0.3, -0.25) is 0 Å². The minimum absolute atomic E-state index is 0.0103. The van der Waals surface area contributed by atoms with Crippen LogP contribution >= 0.6 is 0 Å². The molecule has 0 unspecified atom stereocenters. The number of para-hydroxylation sites is 1. The summed E-state index contributed by atoms with van der Waals surface area (Å²) in [7, 11) is 0. The molecule has 7 nitrogen and oxygen atoms in total. The molecule has 3 rings (SSSR count). The van der Waals surface area contributed by atoms with Crippen molar-refractivity contribution >= 4 is 23.1 Å². The van der Waals surface area contributed by atoms with Gasteiger partial charge in [-0.2, -0.15) is 9.97 Å². The second-order valence-corrected chi connectivity index (χ2v) is 4.94. The first kappa shape index (κ1) is 15.4. The number of aromatic nitrogens is 2. The highest BCUT2D eigenvalue weighted by Crippen LogP contribution is 2.35. The number of nitrogens with two attached hydrogens (primary N) is 1. The summed E-state index contributed by atoms with van der Waals surface area (Å²) in [6.07, 6.45) is 0. The Morgan fingerprint density at radius 2 is 1.67 bits per heavy atom. The number of nitrogen functional groups attached to an aromatic ring is 1. The van der Waals surface area contributed by atoms with E-state index in [4.69, 9.17) is 10.5 Å². The van der Waals surface area contributed by atoms with E-state index in [-0.39, 0.29) is 29.9 Å². The van der Waals surface area contributed by atoms with Crippen molar-refractivity contribution in [1.82, 2.24) is 9.97 Å². The molecular weight excluding hydrogens is 306 g/mol. The third kappa shape index (κ3) is 3.64. The van der Waals surface area contributed by atoms with Gasteiger partial charge >= 0.3 is 0 Å². The lowest BCUT2D eigenvalue weighted by atomic mass is 10.2. The average molecular weight is 321 g/mol. The van der Waals surface area contributed by atoms with Crippen LogP contribution in [0.3, 0.4) is 0 Å². The van der Waals surface area contributed by atoms with E-state index in [1.165, 1.54) is 0 Å². The summed E-state index contributed by atoms with van der Waals surface area (Å²) in [6.45, 7) is 0.241. The first-order valence-corrected chi connectivity index (χ1v) is 7.26. The molecule has 3 N–H and O–H groups in total. The van der Waals surface area contributed by atoms with Gasteiger partial charge in [-0.05, 0) is 22.9 Å². The SMILES string of the molecule is Nc1nc(Nc2ccccc2)c(N=O)c(OCc2ccccc2)n1. The normalized spacial score (nSPS) is 10.2. The van der Waals surface area contributed by atoms with Crippen LogP contribution in [0.2, 0.25) is 0 Å². The molecule has 0 aliphatic rings. The highest BCUT2D eigenvalue weighted by atomic mass is 16.5. The fourth-order valence-electron chi connectivity index (χ4n) is 2.10. The maximum Gasteiger partial charge on any atom is 0.251 e. The van der Waals surface area contributed by atoms with Crippen LogP contribution < -0.4 is 15.8 Å². The van der Waals surface area contributed by atoms with Crippen LogP contribution in [0.1, 0.15) is 5.56 Å². The predicted octanol–water partition coefficient (Wildman–Crippen LogP) is 3.78. The molecule has 0 saturated carbocycles. The molecule has 0 radical (unpaired) electrons. The third-order valence-corrected chi connectivity index (χ3v) is 3.22. The Morgan fingerprint density at radius 3 is 2.33 bits per heavy atom. The summed E-state index contributed by atoms with van der Waals surface area (Å²) in [5.41, 5.74) is 7.37. The highest BCUT2D eigenvalue weighted by molar-refractivity contribution is 5.72. The summed E-state index contributed by atoms with van der Waals surface area (Å²) < 4.78 is 5.61. The molecule has 0 aliphatic carbocycles. The Bertz CT molecular complexity index is 825. The van der Waals surface area contributed by atoms with E-state index >= 15 is 0 Å². The van der Waals surface area contributed by atoms with Gasteiger partial charge in [0.2, 0.25) is 11.6 Å². The van der Waals surface area contributed by atoms with Gasteiger partial charge in [0.1, 0.15) is 6.61 Å². The van der Waals surface area contributed by atoms with Crippen LogP contribution in [-0.2, 0) is 6.61 Å².